The van der Waals surface area contributed by atoms with Crippen molar-refractivity contribution in [3.8, 4) is 5.75 Å². The van der Waals surface area contributed by atoms with Crippen molar-refractivity contribution in [2.24, 2.45) is 5.73 Å². The van der Waals surface area contributed by atoms with Gasteiger partial charge in [0.05, 0.1) is 0 Å². The molecule has 0 amide bonds. The zero-order chi connectivity index (χ0) is 9.97. The Hall–Kier alpha value is -1.22. The third kappa shape index (κ3) is 1.55. The molecule has 0 fully saturated rings. The smallest absolute Gasteiger partial charge is 0.121 e. The van der Waals surface area contributed by atoms with Gasteiger partial charge in [-0.05, 0) is 31.5 Å². The van der Waals surface area contributed by atoms with Crippen LogP contribution >= 0.6 is 0 Å². The minimum Gasteiger partial charge on any atom is -0.508 e. The lowest BCUT2D eigenvalue weighted by molar-refractivity contribution is 0.462. The van der Waals surface area contributed by atoms with E-state index in [2.05, 4.69) is 5.32 Å². The minimum atomic E-state index is 0.412. The van der Waals surface area contributed by atoms with E-state index in [4.69, 9.17) is 5.73 Å². The predicted molar refractivity (Wildman–Crippen MR) is 57.6 cm³/mol. The fourth-order valence-electron chi connectivity index (χ4n) is 2.08. The van der Waals surface area contributed by atoms with Crippen LogP contribution < -0.4 is 11.1 Å². The van der Waals surface area contributed by atoms with Crippen LogP contribution in [0.3, 0.4) is 0 Å². The largest absolute Gasteiger partial charge is 0.508 e. The summed E-state index contributed by atoms with van der Waals surface area (Å²) in [6.45, 7) is 1.65. The van der Waals surface area contributed by atoms with Gasteiger partial charge in [0.1, 0.15) is 5.75 Å². The lowest BCUT2D eigenvalue weighted by Crippen LogP contribution is -2.06. The van der Waals surface area contributed by atoms with Crippen molar-refractivity contribution in [2.45, 2.75) is 18.8 Å². The summed E-state index contributed by atoms with van der Waals surface area (Å²) in [5.41, 5.74) is 7.63. The van der Waals surface area contributed by atoms with Gasteiger partial charge in [-0.15, -0.1) is 0 Å². The number of rotatable bonds is 3. The van der Waals surface area contributed by atoms with Gasteiger partial charge >= 0.3 is 0 Å². The first-order valence-electron chi connectivity index (χ1n) is 5.08. The maximum atomic E-state index is 9.73. The van der Waals surface area contributed by atoms with Crippen molar-refractivity contribution in [1.82, 2.24) is 0 Å². The van der Waals surface area contributed by atoms with E-state index in [1.807, 2.05) is 12.1 Å². The standard InChI is InChI=1S/C11H16N2O/c12-6-2-3-8-7-13-9-4-1-5-10(14)11(8)9/h1,4-5,8,13-14H,2-3,6-7,12H2. The van der Waals surface area contributed by atoms with Gasteiger partial charge in [0.15, 0.2) is 0 Å². The van der Waals surface area contributed by atoms with E-state index < -0.39 is 0 Å². The Bertz CT molecular complexity index is 325. The monoisotopic (exact) mass is 192 g/mol. The molecule has 1 atom stereocenters. The summed E-state index contributed by atoms with van der Waals surface area (Å²) in [6, 6.07) is 5.63. The third-order valence-corrected chi connectivity index (χ3v) is 2.79. The highest BCUT2D eigenvalue weighted by atomic mass is 16.3. The number of hydrogen-bond acceptors (Lipinski definition) is 3. The van der Waals surface area contributed by atoms with Gasteiger partial charge in [0.25, 0.3) is 0 Å². The van der Waals surface area contributed by atoms with Crippen molar-refractivity contribution in [2.75, 3.05) is 18.4 Å². The molecular formula is C11H16N2O. The molecule has 4 N–H and O–H groups in total. The molecule has 0 saturated carbocycles. The molecule has 3 heteroatoms. The van der Waals surface area contributed by atoms with Crippen molar-refractivity contribution in [1.29, 1.82) is 0 Å². The topological polar surface area (TPSA) is 58.3 Å². The van der Waals surface area contributed by atoms with Crippen LogP contribution in [0.5, 0.6) is 5.75 Å². The van der Waals surface area contributed by atoms with Crippen molar-refractivity contribution in [3.63, 3.8) is 0 Å². The highest BCUT2D eigenvalue weighted by molar-refractivity contribution is 5.62. The molecule has 1 aromatic rings. The first kappa shape index (κ1) is 9.34. The van der Waals surface area contributed by atoms with Gasteiger partial charge in [-0.25, -0.2) is 0 Å². The highest BCUT2D eigenvalue weighted by Gasteiger charge is 2.24. The van der Waals surface area contributed by atoms with E-state index in [1.165, 1.54) is 0 Å². The third-order valence-electron chi connectivity index (χ3n) is 2.79. The summed E-state index contributed by atoms with van der Waals surface area (Å²) in [5.74, 6) is 0.837. The summed E-state index contributed by atoms with van der Waals surface area (Å²) in [7, 11) is 0. The zero-order valence-electron chi connectivity index (χ0n) is 8.16. The lowest BCUT2D eigenvalue weighted by Gasteiger charge is -2.10. The molecule has 0 aliphatic carbocycles. The van der Waals surface area contributed by atoms with Crippen LogP contribution in [0.1, 0.15) is 24.3 Å². The van der Waals surface area contributed by atoms with Crippen LogP contribution in [0.2, 0.25) is 0 Å². The molecule has 1 unspecified atom stereocenters. The fourth-order valence-corrected chi connectivity index (χ4v) is 2.08. The molecule has 0 radical (unpaired) electrons. The summed E-state index contributed by atoms with van der Waals surface area (Å²) in [6.07, 6.45) is 2.06. The highest BCUT2D eigenvalue weighted by Crippen LogP contribution is 2.39. The molecule has 1 aliphatic heterocycles. The molecule has 1 aliphatic rings. The molecule has 1 heterocycles. The van der Waals surface area contributed by atoms with Crippen LogP contribution in [0, 0.1) is 0 Å². The van der Waals surface area contributed by atoms with Gasteiger partial charge in [-0.2, -0.15) is 0 Å². The number of nitrogens with one attached hydrogen (secondary N) is 1. The Morgan fingerprint density at radius 1 is 1.50 bits per heavy atom. The Morgan fingerprint density at radius 3 is 3.14 bits per heavy atom. The number of benzene rings is 1. The quantitative estimate of drug-likeness (QED) is 0.682. The molecule has 14 heavy (non-hydrogen) atoms. The predicted octanol–water partition coefficient (Wildman–Crippen LogP) is 1.64. The van der Waals surface area contributed by atoms with E-state index in [0.29, 0.717) is 11.7 Å². The molecule has 76 valence electrons. The average Bonchev–Trinajstić information content (AvgIpc) is 2.59. The molecule has 0 saturated heterocycles. The number of phenolic OH excluding ortho intramolecular Hbond substituents is 1. The lowest BCUT2D eigenvalue weighted by atomic mass is 9.95. The molecule has 0 spiro atoms. The summed E-state index contributed by atoms with van der Waals surface area (Å²) in [5, 5.41) is 13.0. The van der Waals surface area contributed by atoms with Crippen LogP contribution in [0.25, 0.3) is 0 Å². The van der Waals surface area contributed by atoms with Gasteiger partial charge < -0.3 is 16.2 Å². The number of aromatic hydroxyl groups is 1. The second kappa shape index (κ2) is 3.88. The first-order chi connectivity index (χ1) is 6.83. The van der Waals surface area contributed by atoms with E-state index in [9.17, 15) is 5.11 Å². The van der Waals surface area contributed by atoms with E-state index >= 15 is 0 Å². The summed E-state index contributed by atoms with van der Waals surface area (Å²) < 4.78 is 0. The number of nitrogens with two attached hydrogens (primary N) is 1. The number of fused-ring (bicyclic) bond motifs is 1. The SMILES string of the molecule is NCCCC1CNc2cccc(O)c21. The molecule has 2 rings (SSSR count). The van der Waals surface area contributed by atoms with Gasteiger partial charge in [0, 0.05) is 23.7 Å². The van der Waals surface area contributed by atoms with E-state index in [0.717, 1.165) is 37.2 Å². The molecule has 0 aromatic heterocycles. The number of anilines is 1. The van der Waals surface area contributed by atoms with Gasteiger partial charge in [-0.3, -0.25) is 0 Å². The molecular weight excluding hydrogens is 176 g/mol. The Kier molecular flexibility index (Phi) is 2.59. The Morgan fingerprint density at radius 2 is 2.36 bits per heavy atom. The van der Waals surface area contributed by atoms with Crippen LogP contribution in [0.15, 0.2) is 18.2 Å². The molecule has 3 nitrogen and oxygen atoms in total. The maximum absolute atomic E-state index is 9.73. The average molecular weight is 192 g/mol. The van der Waals surface area contributed by atoms with Crippen LogP contribution in [-0.2, 0) is 0 Å². The maximum Gasteiger partial charge on any atom is 0.121 e. The van der Waals surface area contributed by atoms with Crippen molar-refractivity contribution >= 4 is 5.69 Å². The van der Waals surface area contributed by atoms with Crippen molar-refractivity contribution in [3.05, 3.63) is 23.8 Å². The minimum absolute atomic E-state index is 0.412. The van der Waals surface area contributed by atoms with Crippen LogP contribution in [-0.4, -0.2) is 18.2 Å². The second-order valence-electron chi connectivity index (χ2n) is 3.75. The number of hydrogen-bond donors (Lipinski definition) is 3. The fraction of sp³-hybridized carbons (Fsp3) is 0.455. The van der Waals surface area contributed by atoms with Crippen LogP contribution in [0.4, 0.5) is 5.69 Å². The molecule has 1 aromatic carbocycles. The van der Waals surface area contributed by atoms with Gasteiger partial charge in [-0.1, -0.05) is 6.07 Å². The van der Waals surface area contributed by atoms with E-state index in [1.54, 1.807) is 6.07 Å². The summed E-state index contributed by atoms with van der Waals surface area (Å²) in [4.78, 5) is 0. The van der Waals surface area contributed by atoms with Gasteiger partial charge in [0.2, 0.25) is 0 Å². The van der Waals surface area contributed by atoms with E-state index in [-0.39, 0.29) is 0 Å². The molecule has 0 bridgehead atoms. The first-order valence-corrected chi connectivity index (χ1v) is 5.08. The zero-order valence-corrected chi connectivity index (χ0v) is 8.16. The van der Waals surface area contributed by atoms with Crippen molar-refractivity contribution < 1.29 is 5.11 Å². The summed E-state index contributed by atoms with van der Waals surface area (Å²) >= 11 is 0. The normalized spacial score (nSPS) is 19.1. The second-order valence-corrected chi connectivity index (χ2v) is 3.75. The number of phenols is 1. The Labute approximate surface area is 83.9 Å². The Balaban J connectivity index is 2.20.